The van der Waals surface area contributed by atoms with Crippen molar-refractivity contribution in [1.29, 1.82) is 0 Å². The Morgan fingerprint density at radius 1 is 0.329 bits per heavy atom. The van der Waals surface area contributed by atoms with Crippen LogP contribution in [0.15, 0.2) is 0 Å². The van der Waals surface area contributed by atoms with Gasteiger partial charge >= 0.3 is 39.5 Å². The highest BCUT2D eigenvalue weighted by Crippen LogP contribution is 2.45. The second kappa shape index (κ2) is 49.6. The molecule has 0 heterocycles. The molecule has 0 bridgehead atoms. The van der Waals surface area contributed by atoms with E-state index in [1.165, 1.54) is 83.5 Å². The Morgan fingerprint density at radius 3 is 0.808 bits per heavy atom. The van der Waals surface area contributed by atoms with Crippen molar-refractivity contribution < 1.29 is 80.2 Å². The normalized spacial score (nSPS) is 14.5. The molecule has 2 unspecified atom stereocenters. The van der Waals surface area contributed by atoms with Gasteiger partial charge in [0.2, 0.25) is 0 Å². The fourth-order valence-corrected chi connectivity index (χ4v) is 9.44. The van der Waals surface area contributed by atoms with Crippen LogP contribution >= 0.6 is 15.6 Å². The summed E-state index contributed by atoms with van der Waals surface area (Å²) >= 11 is 0. The molecule has 0 aromatic rings. The van der Waals surface area contributed by atoms with Gasteiger partial charge in [0.15, 0.2) is 12.2 Å². The molecule has 0 aliphatic heterocycles. The van der Waals surface area contributed by atoms with E-state index in [1.807, 2.05) is 0 Å². The van der Waals surface area contributed by atoms with Crippen molar-refractivity contribution in [2.75, 3.05) is 39.6 Å². The molecule has 19 heteroatoms. The summed E-state index contributed by atoms with van der Waals surface area (Å²) in [5.74, 6) is -2.18. The molecule has 0 aromatic carbocycles. The third-order valence-electron chi connectivity index (χ3n) is 12.4. The third kappa shape index (κ3) is 49.4. The standard InChI is InChI=1S/C54H104O17P2/c1-5-9-13-17-18-19-20-21-22-23-24-25-26-27-28-29-33-37-41-54(59)71-50(45-65-52(57)39-35-31-15-11-7-3)47-69-73(62,63)67-43-48(55)42-66-72(60,61)68-46-49(70-53(58)40-36-32-16-12-8-4)44-64-51(56)38-34-30-14-10-6-2/h48-50,55H,5-47H2,1-4H3,(H,60,61)(H,62,63)/t48-,49+,50+/m0/s1. The molecule has 432 valence electrons. The first-order valence-electron chi connectivity index (χ1n) is 28.8. The highest BCUT2D eigenvalue weighted by molar-refractivity contribution is 7.47. The lowest BCUT2D eigenvalue weighted by molar-refractivity contribution is -0.161. The maximum Gasteiger partial charge on any atom is 0.472 e. The van der Waals surface area contributed by atoms with E-state index < -0.39 is 97.5 Å². The highest BCUT2D eigenvalue weighted by Gasteiger charge is 2.30. The second-order valence-electron chi connectivity index (χ2n) is 19.6. The number of rotatable bonds is 55. The molecule has 0 radical (unpaired) electrons. The number of ether oxygens (including phenoxy) is 4. The molecule has 0 spiro atoms. The summed E-state index contributed by atoms with van der Waals surface area (Å²) in [6, 6.07) is 0. The zero-order valence-electron chi connectivity index (χ0n) is 46.1. The van der Waals surface area contributed by atoms with E-state index in [-0.39, 0.29) is 25.7 Å². The van der Waals surface area contributed by atoms with E-state index in [9.17, 15) is 43.2 Å². The van der Waals surface area contributed by atoms with Crippen LogP contribution in [0.1, 0.15) is 265 Å². The first kappa shape index (κ1) is 71.1. The van der Waals surface area contributed by atoms with Crippen molar-refractivity contribution in [3.05, 3.63) is 0 Å². The number of unbranched alkanes of at least 4 members (excludes halogenated alkanes) is 29. The molecule has 0 amide bonds. The SMILES string of the molecule is CCCCCCCCCCCCCCCCCCCCC(=O)O[C@H](COC(=O)CCCCCCC)COP(=O)(O)OC[C@@H](O)COP(=O)(O)OC[C@@H](COC(=O)CCCCCCC)OC(=O)CCCCCCC. The highest BCUT2D eigenvalue weighted by atomic mass is 31.2. The van der Waals surface area contributed by atoms with Crippen molar-refractivity contribution in [3.8, 4) is 0 Å². The van der Waals surface area contributed by atoms with Crippen LogP contribution in [0.4, 0.5) is 0 Å². The van der Waals surface area contributed by atoms with Gasteiger partial charge in [0.1, 0.15) is 19.3 Å². The number of esters is 4. The molecule has 73 heavy (non-hydrogen) atoms. The number of carbonyl (C=O) groups excluding carboxylic acids is 4. The first-order valence-corrected chi connectivity index (χ1v) is 31.8. The molecule has 0 aromatic heterocycles. The number of carbonyl (C=O) groups is 4. The molecular formula is C54H104O17P2. The monoisotopic (exact) mass is 1090 g/mol. The molecule has 3 N–H and O–H groups in total. The molecular weight excluding hydrogens is 983 g/mol. The minimum Gasteiger partial charge on any atom is -0.462 e. The van der Waals surface area contributed by atoms with Gasteiger partial charge in [0.05, 0.1) is 26.4 Å². The Hall–Kier alpha value is -1.94. The van der Waals surface area contributed by atoms with E-state index >= 15 is 0 Å². The zero-order valence-corrected chi connectivity index (χ0v) is 47.9. The number of phosphoric ester groups is 2. The van der Waals surface area contributed by atoms with Gasteiger partial charge in [-0.3, -0.25) is 37.3 Å². The van der Waals surface area contributed by atoms with Crippen LogP contribution in [0.3, 0.4) is 0 Å². The Kier molecular flexibility index (Phi) is 48.3. The predicted molar refractivity (Wildman–Crippen MR) is 285 cm³/mol. The van der Waals surface area contributed by atoms with Crippen molar-refractivity contribution >= 4 is 39.5 Å². The lowest BCUT2D eigenvalue weighted by Crippen LogP contribution is -2.30. The molecule has 0 rings (SSSR count). The Bertz CT molecular complexity index is 1440. The number of aliphatic hydroxyl groups is 1. The van der Waals surface area contributed by atoms with Gasteiger partial charge in [0, 0.05) is 25.7 Å². The van der Waals surface area contributed by atoms with Gasteiger partial charge in [-0.15, -0.1) is 0 Å². The fourth-order valence-electron chi connectivity index (χ4n) is 7.87. The number of aliphatic hydroxyl groups excluding tert-OH is 1. The number of hydrogen-bond acceptors (Lipinski definition) is 15. The van der Waals surface area contributed by atoms with Gasteiger partial charge in [-0.2, -0.15) is 0 Å². The smallest absolute Gasteiger partial charge is 0.462 e. The van der Waals surface area contributed by atoms with Gasteiger partial charge in [-0.25, -0.2) is 9.13 Å². The molecule has 0 aliphatic carbocycles. The number of hydrogen-bond donors (Lipinski definition) is 3. The third-order valence-corrected chi connectivity index (χ3v) is 14.3. The summed E-state index contributed by atoms with van der Waals surface area (Å²) in [6.45, 7) is 4.55. The summed E-state index contributed by atoms with van der Waals surface area (Å²) in [7, 11) is -9.84. The maximum atomic E-state index is 12.8. The van der Waals surface area contributed by atoms with E-state index in [0.29, 0.717) is 25.7 Å². The Balaban J connectivity index is 4.96. The second-order valence-corrected chi connectivity index (χ2v) is 22.5. The quantitative estimate of drug-likeness (QED) is 0.0222. The molecule has 0 aliphatic rings. The van der Waals surface area contributed by atoms with E-state index in [0.717, 1.165) is 103 Å². The minimum absolute atomic E-state index is 0.0989. The van der Waals surface area contributed by atoms with Crippen LogP contribution in [0, 0.1) is 0 Å². The molecule has 5 atom stereocenters. The van der Waals surface area contributed by atoms with E-state index in [4.69, 9.17) is 37.0 Å². The first-order chi connectivity index (χ1) is 35.2. The summed E-state index contributed by atoms with van der Waals surface area (Å²) in [5.41, 5.74) is 0. The lowest BCUT2D eigenvalue weighted by Gasteiger charge is -2.21. The topological polar surface area (TPSA) is 237 Å². The van der Waals surface area contributed by atoms with Crippen LogP contribution in [0.25, 0.3) is 0 Å². The molecule has 17 nitrogen and oxygen atoms in total. The minimum atomic E-state index is -4.92. The van der Waals surface area contributed by atoms with Gasteiger partial charge < -0.3 is 33.8 Å². The molecule has 0 fully saturated rings. The van der Waals surface area contributed by atoms with Crippen LogP contribution in [-0.4, -0.2) is 96.7 Å². The van der Waals surface area contributed by atoms with Crippen LogP contribution in [0.2, 0.25) is 0 Å². The van der Waals surface area contributed by atoms with Crippen LogP contribution in [-0.2, 0) is 65.4 Å². The Labute approximate surface area is 441 Å². The predicted octanol–water partition coefficient (Wildman–Crippen LogP) is 14.0. The van der Waals surface area contributed by atoms with Crippen molar-refractivity contribution in [3.63, 3.8) is 0 Å². The lowest BCUT2D eigenvalue weighted by atomic mass is 10.0. The van der Waals surface area contributed by atoms with E-state index in [1.54, 1.807) is 0 Å². The van der Waals surface area contributed by atoms with Crippen molar-refractivity contribution in [2.45, 2.75) is 284 Å². The average molecular weight is 1090 g/mol. The summed E-state index contributed by atoms with van der Waals surface area (Å²) in [5, 5.41) is 10.4. The van der Waals surface area contributed by atoms with Gasteiger partial charge in [-0.05, 0) is 25.7 Å². The number of phosphoric acid groups is 2. The largest absolute Gasteiger partial charge is 0.472 e. The molecule has 0 saturated carbocycles. The van der Waals surface area contributed by atoms with Crippen molar-refractivity contribution in [2.24, 2.45) is 0 Å². The summed E-state index contributed by atoms with van der Waals surface area (Å²) in [6.07, 6.45) is 32.0. The van der Waals surface area contributed by atoms with Gasteiger partial charge in [-0.1, -0.05) is 214 Å². The van der Waals surface area contributed by atoms with E-state index in [2.05, 4.69) is 27.7 Å². The van der Waals surface area contributed by atoms with Crippen LogP contribution < -0.4 is 0 Å². The average Bonchev–Trinajstić information content (AvgIpc) is 3.36. The van der Waals surface area contributed by atoms with Crippen LogP contribution in [0.5, 0.6) is 0 Å². The fraction of sp³-hybridized carbons (Fsp3) is 0.926. The zero-order chi connectivity index (χ0) is 54.1. The Morgan fingerprint density at radius 2 is 0.548 bits per heavy atom. The maximum absolute atomic E-state index is 12.8. The van der Waals surface area contributed by atoms with Crippen molar-refractivity contribution in [1.82, 2.24) is 0 Å². The summed E-state index contributed by atoms with van der Waals surface area (Å²) in [4.78, 5) is 70.9. The van der Waals surface area contributed by atoms with Gasteiger partial charge in [0.25, 0.3) is 0 Å². The molecule has 0 saturated heterocycles. The summed E-state index contributed by atoms with van der Waals surface area (Å²) < 4.78 is 66.9.